The number of imide groups is 1. The van der Waals surface area contributed by atoms with Gasteiger partial charge in [0.25, 0.3) is 5.91 Å². The standard InChI is InChI=1S/C19H21N7O3/c1-19(12-5-6-12)17(28)25(18(29)21-19)10-15(27)20-13-4-2-3-11(9-13)16-22-23-24-26(16)14-7-8-14/h2-4,9,12,14H,5-8,10H2,1H3,(H,20,27)(H,21,29). The van der Waals surface area contributed by atoms with Gasteiger partial charge in [0, 0.05) is 11.3 Å². The first-order valence-electron chi connectivity index (χ1n) is 9.78. The fraction of sp³-hybridized carbons (Fsp3) is 0.474. The van der Waals surface area contributed by atoms with Crippen LogP contribution in [0.4, 0.5) is 10.5 Å². The molecule has 1 aromatic heterocycles. The second-order valence-corrected chi connectivity index (χ2v) is 8.11. The smallest absolute Gasteiger partial charge is 0.325 e. The van der Waals surface area contributed by atoms with Crippen molar-refractivity contribution >= 4 is 23.5 Å². The Balaban J connectivity index is 1.28. The summed E-state index contributed by atoms with van der Waals surface area (Å²) in [5.74, 6) is 0.0315. The Hall–Kier alpha value is -3.30. The number of tetrazole rings is 1. The Labute approximate surface area is 166 Å². The summed E-state index contributed by atoms with van der Waals surface area (Å²) in [6, 6.07) is 7.01. The molecule has 4 amide bonds. The number of nitrogens with one attached hydrogen (secondary N) is 2. The molecule has 3 fully saturated rings. The van der Waals surface area contributed by atoms with Gasteiger partial charge in [0.15, 0.2) is 5.82 Å². The summed E-state index contributed by atoms with van der Waals surface area (Å²) in [5.41, 5.74) is 0.447. The molecule has 2 aliphatic carbocycles. The molecular weight excluding hydrogens is 374 g/mol. The van der Waals surface area contributed by atoms with Crippen molar-refractivity contribution in [1.82, 2.24) is 30.4 Å². The molecule has 29 heavy (non-hydrogen) atoms. The summed E-state index contributed by atoms with van der Waals surface area (Å²) < 4.78 is 1.80. The number of hydrogen-bond donors (Lipinski definition) is 2. The van der Waals surface area contributed by atoms with E-state index in [1.807, 2.05) is 6.07 Å². The highest BCUT2D eigenvalue weighted by Crippen LogP contribution is 2.42. The van der Waals surface area contributed by atoms with E-state index in [0.717, 1.165) is 36.1 Å². The van der Waals surface area contributed by atoms with Crippen molar-refractivity contribution in [3.05, 3.63) is 24.3 Å². The first-order chi connectivity index (χ1) is 14.0. The van der Waals surface area contributed by atoms with Crippen LogP contribution in [0, 0.1) is 5.92 Å². The topological polar surface area (TPSA) is 122 Å². The molecule has 1 aromatic carbocycles. The SMILES string of the molecule is CC1(C2CC2)NC(=O)N(CC(=O)Nc2cccc(-c3nnnn3C3CC3)c2)C1=O. The minimum Gasteiger partial charge on any atom is -0.325 e. The molecule has 1 saturated heterocycles. The molecule has 2 heterocycles. The molecule has 3 aliphatic rings. The predicted octanol–water partition coefficient (Wildman–Crippen LogP) is 1.33. The molecule has 0 radical (unpaired) electrons. The van der Waals surface area contributed by atoms with Gasteiger partial charge >= 0.3 is 6.03 Å². The van der Waals surface area contributed by atoms with Crippen LogP contribution in [0.3, 0.4) is 0 Å². The average molecular weight is 395 g/mol. The highest BCUT2D eigenvalue weighted by atomic mass is 16.2. The molecule has 1 atom stereocenters. The Morgan fingerprint density at radius 1 is 1.28 bits per heavy atom. The summed E-state index contributed by atoms with van der Waals surface area (Å²) in [6.07, 6.45) is 3.94. The number of hydrogen-bond acceptors (Lipinski definition) is 6. The van der Waals surface area contributed by atoms with Gasteiger partial charge in [-0.05, 0) is 61.1 Å². The van der Waals surface area contributed by atoms with Gasteiger partial charge < -0.3 is 10.6 Å². The second-order valence-electron chi connectivity index (χ2n) is 8.11. The van der Waals surface area contributed by atoms with Gasteiger partial charge in [0.1, 0.15) is 12.1 Å². The number of amides is 4. The number of anilines is 1. The van der Waals surface area contributed by atoms with Gasteiger partial charge in [0.2, 0.25) is 5.91 Å². The van der Waals surface area contributed by atoms with Crippen LogP contribution >= 0.6 is 0 Å². The van der Waals surface area contributed by atoms with Crippen LogP contribution in [0.15, 0.2) is 24.3 Å². The van der Waals surface area contributed by atoms with E-state index in [-0.39, 0.29) is 18.4 Å². The fourth-order valence-electron chi connectivity index (χ4n) is 3.83. The van der Waals surface area contributed by atoms with E-state index in [2.05, 4.69) is 26.2 Å². The molecule has 1 aliphatic heterocycles. The minimum absolute atomic E-state index is 0.154. The molecule has 1 unspecified atom stereocenters. The summed E-state index contributed by atoms with van der Waals surface area (Å²) in [7, 11) is 0. The maximum atomic E-state index is 12.7. The van der Waals surface area contributed by atoms with Crippen LogP contribution in [0.25, 0.3) is 11.4 Å². The van der Waals surface area contributed by atoms with E-state index in [0.29, 0.717) is 17.6 Å². The van der Waals surface area contributed by atoms with Crippen molar-refractivity contribution in [1.29, 1.82) is 0 Å². The van der Waals surface area contributed by atoms with Crippen molar-refractivity contribution < 1.29 is 14.4 Å². The van der Waals surface area contributed by atoms with Crippen LogP contribution in [0.1, 0.15) is 38.6 Å². The van der Waals surface area contributed by atoms with E-state index in [9.17, 15) is 14.4 Å². The van der Waals surface area contributed by atoms with Crippen LogP contribution in [0.5, 0.6) is 0 Å². The molecule has 10 heteroatoms. The molecule has 5 rings (SSSR count). The van der Waals surface area contributed by atoms with E-state index >= 15 is 0 Å². The molecular formula is C19H21N7O3. The van der Waals surface area contributed by atoms with E-state index in [4.69, 9.17) is 0 Å². The predicted molar refractivity (Wildman–Crippen MR) is 102 cm³/mol. The van der Waals surface area contributed by atoms with Crippen LogP contribution in [-0.2, 0) is 9.59 Å². The molecule has 2 aromatic rings. The molecule has 10 nitrogen and oxygen atoms in total. The van der Waals surface area contributed by atoms with E-state index in [1.54, 1.807) is 29.8 Å². The van der Waals surface area contributed by atoms with Crippen molar-refractivity contribution in [3.8, 4) is 11.4 Å². The molecule has 0 spiro atoms. The third kappa shape index (κ3) is 3.14. The summed E-state index contributed by atoms with van der Waals surface area (Å²) in [5, 5.41) is 17.4. The zero-order valence-electron chi connectivity index (χ0n) is 16.0. The lowest BCUT2D eigenvalue weighted by molar-refractivity contribution is -0.134. The zero-order valence-corrected chi connectivity index (χ0v) is 16.0. The lowest BCUT2D eigenvalue weighted by Gasteiger charge is -2.20. The Morgan fingerprint density at radius 2 is 2.07 bits per heavy atom. The first-order valence-corrected chi connectivity index (χ1v) is 9.78. The number of carbonyl (C=O) groups is 3. The van der Waals surface area contributed by atoms with Gasteiger partial charge in [0.05, 0.1) is 6.04 Å². The summed E-state index contributed by atoms with van der Waals surface area (Å²) in [6.45, 7) is 1.41. The largest absolute Gasteiger partial charge is 0.325 e. The highest BCUT2D eigenvalue weighted by Gasteiger charge is 2.56. The van der Waals surface area contributed by atoms with Gasteiger partial charge in [-0.15, -0.1) is 5.10 Å². The number of benzene rings is 1. The monoisotopic (exact) mass is 395 g/mol. The van der Waals surface area contributed by atoms with Gasteiger partial charge in [-0.1, -0.05) is 12.1 Å². The van der Waals surface area contributed by atoms with Crippen molar-refractivity contribution in [2.24, 2.45) is 5.92 Å². The summed E-state index contributed by atoms with van der Waals surface area (Å²) in [4.78, 5) is 38.4. The van der Waals surface area contributed by atoms with E-state index in [1.165, 1.54) is 0 Å². The quantitative estimate of drug-likeness (QED) is 0.712. The molecule has 0 bridgehead atoms. The Morgan fingerprint density at radius 3 is 2.79 bits per heavy atom. The van der Waals surface area contributed by atoms with Crippen molar-refractivity contribution in [3.63, 3.8) is 0 Å². The lowest BCUT2D eigenvalue weighted by atomic mass is 9.96. The molecule has 2 N–H and O–H groups in total. The van der Waals surface area contributed by atoms with Crippen LogP contribution in [-0.4, -0.2) is 55.0 Å². The van der Waals surface area contributed by atoms with Crippen molar-refractivity contribution in [2.75, 3.05) is 11.9 Å². The molecule has 2 saturated carbocycles. The normalized spacial score (nSPS) is 24.0. The third-order valence-corrected chi connectivity index (χ3v) is 5.79. The highest BCUT2D eigenvalue weighted by molar-refractivity contribution is 6.10. The van der Waals surface area contributed by atoms with Crippen molar-refractivity contribution in [2.45, 2.75) is 44.2 Å². The second kappa shape index (κ2) is 6.36. The summed E-state index contributed by atoms with van der Waals surface area (Å²) >= 11 is 0. The number of urea groups is 1. The average Bonchev–Trinajstić information content (AvgIpc) is 3.63. The fourth-order valence-corrected chi connectivity index (χ4v) is 3.83. The van der Waals surface area contributed by atoms with Crippen LogP contribution < -0.4 is 10.6 Å². The van der Waals surface area contributed by atoms with Gasteiger partial charge in [-0.3, -0.25) is 14.5 Å². The number of nitrogens with zero attached hydrogens (tertiary/aromatic N) is 5. The minimum atomic E-state index is -0.892. The number of aromatic nitrogens is 4. The Kier molecular flexibility index (Phi) is 3.90. The van der Waals surface area contributed by atoms with Gasteiger partial charge in [-0.2, -0.15) is 0 Å². The van der Waals surface area contributed by atoms with Gasteiger partial charge in [-0.25, -0.2) is 9.48 Å². The maximum absolute atomic E-state index is 12.7. The lowest BCUT2D eigenvalue weighted by Crippen LogP contribution is -2.46. The first kappa shape index (κ1) is 17.8. The van der Waals surface area contributed by atoms with E-state index < -0.39 is 17.5 Å². The maximum Gasteiger partial charge on any atom is 0.325 e. The Bertz CT molecular complexity index is 1010. The third-order valence-electron chi connectivity index (χ3n) is 5.79. The number of carbonyl (C=O) groups excluding carboxylic acids is 3. The van der Waals surface area contributed by atoms with Crippen LogP contribution in [0.2, 0.25) is 0 Å². The zero-order chi connectivity index (χ0) is 20.2. The molecule has 150 valence electrons. The number of rotatable bonds is 6.